The van der Waals surface area contributed by atoms with Gasteiger partial charge in [-0.3, -0.25) is 0 Å². The van der Waals surface area contributed by atoms with Crippen LogP contribution in [0.5, 0.6) is 0 Å². The van der Waals surface area contributed by atoms with Gasteiger partial charge < -0.3 is 5.32 Å². The van der Waals surface area contributed by atoms with E-state index in [1.165, 1.54) is 23.4 Å². The van der Waals surface area contributed by atoms with Crippen LogP contribution in [-0.4, -0.2) is 16.3 Å². The van der Waals surface area contributed by atoms with E-state index in [-0.39, 0.29) is 5.82 Å². The van der Waals surface area contributed by atoms with Gasteiger partial charge in [-0.1, -0.05) is 26.8 Å². The van der Waals surface area contributed by atoms with Gasteiger partial charge in [0.1, 0.15) is 5.82 Å². The van der Waals surface area contributed by atoms with E-state index in [2.05, 4.69) is 26.1 Å². The summed E-state index contributed by atoms with van der Waals surface area (Å²) in [7, 11) is 0. The third-order valence-electron chi connectivity index (χ3n) is 3.62. The van der Waals surface area contributed by atoms with Crippen molar-refractivity contribution in [1.29, 1.82) is 0 Å². The fraction of sp³-hybridized carbons (Fsp3) is 0.471. The molecule has 0 aliphatic heterocycles. The second-order valence-electron chi connectivity index (χ2n) is 5.15. The molecule has 1 aromatic carbocycles. The first-order chi connectivity index (χ1) is 10.2. The van der Waals surface area contributed by atoms with Gasteiger partial charge in [-0.05, 0) is 44.0 Å². The van der Waals surface area contributed by atoms with Crippen LogP contribution in [0.25, 0.3) is 5.69 Å². The third-order valence-corrected chi connectivity index (χ3v) is 3.62. The number of aromatic nitrogens is 2. The SMILES string of the molecule is CCCNCc1c(CC)nn(-c2cccc(F)c2)c1CC. The van der Waals surface area contributed by atoms with E-state index < -0.39 is 0 Å². The molecule has 0 spiro atoms. The van der Waals surface area contributed by atoms with E-state index in [1.807, 2.05) is 10.7 Å². The van der Waals surface area contributed by atoms with Crippen LogP contribution in [0.1, 0.15) is 44.1 Å². The average molecular weight is 289 g/mol. The highest BCUT2D eigenvalue weighted by Gasteiger charge is 2.16. The van der Waals surface area contributed by atoms with Gasteiger partial charge in [0.25, 0.3) is 0 Å². The molecule has 2 aromatic rings. The zero-order valence-electron chi connectivity index (χ0n) is 13.1. The van der Waals surface area contributed by atoms with Crippen LogP contribution in [0, 0.1) is 5.82 Å². The summed E-state index contributed by atoms with van der Waals surface area (Å²) in [4.78, 5) is 0. The molecule has 1 N–H and O–H groups in total. The Morgan fingerprint density at radius 1 is 1.19 bits per heavy atom. The Morgan fingerprint density at radius 2 is 2.00 bits per heavy atom. The summed E-state index contributed by atoms with van der Waals surface area (Å²) in [6.45, 7) is 8.22. The lowest BCUT2D eigenvalue weighted by atomic mass is 10.1. The fourth-order valence-electron chi connectivity index (χ4n) is 2.60. The molecule has 0 atom stereocenters. The van der Waals surface area contributed by atoms with Gasteiger partial charge in [0.15, 0.2) is 0 Å². The minimum absolute atomic E-state index is 0.228. The fourth-order valence-corrected chi connectivity index (χ4v) is 2.60. The molecular weight excluding hydrogens is 265 g/mol. The second-order valence-corrected chi connectivity index (χ2v) is 5.15. The number of benzene rings is 1. The van der Waals surface area contributed by atoms with Crippen LogP contribution in [0.3, 0.4) is 0 Å². The van der Waals surface area contributed by atoms with Crippen molar-refractivity contribution in [3.63, 3.8) is 0 Å². The molecule has 0 aliphatic rings. The summed E-state index contributed by atoms with van der Waals surface area (Å²) in [5.74, 6) is -0.228. The number of nitrogens with one attached hydrogen (secondary N) is 1. The molecule has 114 valence electrons. The zero-order valence-corrected chi connectivity index (χ0v) is 13.1. The first-order valence-corrected chi connectivity index (χ1v) is 7.77. The van der Waals surface area contributed by atoms with Crippen LogP contribution in [-0.2, 0) is 19.4 Å². The smallest absolute Gasteiger partial charge is 0.125 e. The van der Waals surface area contributed by atoms with Crippen LogP contribution in [0.4, 0.5) is 4.39 Å². The predicted molar refractivity (Wildman–Crippen MR) is 84.3 cm³/mol. The highest BCUT2D eigenvalue weighted by atomic mass is 19.1. The van der Waals surface area contributed by atoms with E-state index in [1.54, 1.807) is 6.07 Å². The summed E-state index contributed by atoms with van der Waals surface area (Å²) < 4.78 is 15.4. The van der Waals surface area contributed by atoms with Gasteiger partial charge in [-0.2, -0.15) is 5.10 Å². The van der Waals surface area contributed by atoms with Crippen LogP contribution < -0.4 is 5.32 Å². The van der Waals surface area contributed by atoms with E-state index >= 15 is 0 Å². The largest absolute Gasteiger partial charge is 0.313 e. The standard InChI is InChI=1S/C17H24FN3/c1-4-10-19-12-15-16(5-2)20-21(17(15)6-3)14-9-7-8-13(18)11-14/h7-9,11,19H,4-6,10,12H2,1-3H3. The first kappa shape index (κ1) is 15.7. The van der Waals surface area contributed by atoms with Crippen LogP contribution in [0.15, 0.2) is 24.3 Å². The van der Waals surface area contributed by atoms with E-state index in [0.29, 0.717) is 0 Å². The van der Waals surface area contributed by atoms with Gasteiger partial charge in [0, 0.05) is 17.8 Å². The molecule has 0 fully saturated rings. The maximum Gasteiger partial charge on any atom is 0.125 e. The number of halogens is 1. The van der Waals surface area contributed by atoms with Crippen molar-refractivity contribution in [3.8, 4) is 5.69 Å². The van der Waals surface area contributed by atoms with Crippen molar-refractivity contribution < 1.29 is 4.39 Å². The Bertz CT molecular complexity index is 590. The van der Waals surface area contributed by atoms with Gasteiger partial charge in [-0.15, -0.1) is 0 Å². The van der Waals surface area contributed by atoms with Crippen molar-refractivity contribution in [2.75, 3.05) is 6.54 Å². The molecule has 0 radical (unpaired) electrons. The van der Waals surface area contributed by atoms with Crippen molar-refractivity contribution in [1.82, 2.24) is 15.1 Å². The molecule has 1 aromatic heterocycles. The van der Waals surface area contributed by atoms with Crippen molar-refractivity contribution in [3.05, 3.63) is 47.0 Å². The topological polar surface area (TPSA) is 29.9 Å². The Hall–Kier alpha value is -1.68. The third kappa shape index (κ3) is 3.50. The molecule has 21 heavy (non-hydrogen) atoms. The van der Waals surface area contributed by atoms with Gasteiger partial charge in [0.05, 0.1) is 11.4 Å². The lowest BCUT2D eigenvalue weighted by molar-refractivity contribution is 0.624. The van der Waals surface area contributed by atoms with E-state index in [9.17, 15) is 4.39 Å². The second kappa shape index (κ2) is 7.36. The van der Waals surface area contributed by atoms with Crippen LogP contribution in [0.2, 0.25) is 0 Å². The average Bonchev–Trinajstić information content (AvgIpc) is 2.85. The minimum atomic E-state index is -0.228. The Balaban J connectivity index is 2.42. The van der Waals surface area contributed by atoms with Gasteiger partial charge in [-0.25, -0.2) is 9.07 Å². The number of aryl methyl sites for hydroxylation is 1. The number of rotatable bonds is 7. The quantitative estimate of drug-likeness (QED) is 0.789. The van der Waals surface area contributed by atoms with Gasteiger partial charge >= 0.3 is 0 Å². The summed E-state index contributed by atoms with van der Waals surface area (Å²) in [5, 5.41) is 8.15. The molecule has 0 unspecified atom stereocenters. The van der Waals surface area contributed by atoms with Gasteiger partial charge in [0.2, 0.25) is 0 Å². The summed E-state index contributed by atoms with van der Waals surface area (Å²) >= 11 is 0. The highest BCUT2D eigenvalue weighted by molar-refractivity contribution is 5.38. The highest BCUT2D eigenvalue weighted by Crippen LogP contribution is 2.21. The lowest BCUT2D eigenvalue weighted by Gasteiger charge is -2.09. The summed E-state index contributed by atoms with van der Waals surface area (Å²) in [5.41, 5.74) is 4.32. The molecule has 1 heterocycles. The number of hydrogen-bond acceptors (Lipinski definition) is 2. The van der Waals surface area contributed by atoms with Crippen LogP contribution >= 0.6 is 0 Å². The Labute approximate surface area is 126 Å². The Morgan fingerprint density at radius 3 is 2.62 bits per heavy atom. The van der Waals surface area contributed by atoms with Crippen molar-refractivity contribution >= 4 is 0 Å². The molecule has 0 bridgehead atoms. The number of hydrogen-bond donors (Lipinski definition) is 1. The molecule has 4 heteroatoms. The molecule has 0 saturated carbocycles. The molecule has 0 aliphatic carbocycles. The predicted octanol–water partition coefficient (Wildman–Crippen LogP) is 3.64. The maximum atomic E-state index is 13.5. The molecular formula is C17H24FN3. The molecule has 2 rings (SSSR count). The summed E-state index contributed by atoms with van der Waals surface area (Å²) in [6, 6.07) is 6.63. The Kier molecular flexibility index (Phi) is 5.51. The first-order valence-electron chi connectivity index (χ1n) is 7.77. The maximum absolute atomic E-state index is 13.5. The lowest BCUT2D eigenvalue weighted by Crippen LogP contribution is -2.16. The monoisotopic (exact) mass is 289 g/mol. The molecule has 0 saturated heterocycles. The zero-order chi connectivity index (χ0) is 15.2. The van der Waals surface area contributed by atoms with E-state index in [4.69, 9.17) is 5.10 Å². The molecule has 3 nitrogen and oxygen atoms in total. The van der Waals surface area contributed by atoms with Crippen molar-refractivity contribution in [2.24, 2.45) is 0 Å². The molecule has 0 amide bonds. The van der Waals surface area contributed by atoms with Crippen molar-refractivity contribution in [2.45, 2.75) is 46.6 Å². The van der Waals surface area contributed by atoms with E-state index in [0.717, 1.165) is 43.7 Å². The minimum Gasteiger partial charge on any atom is -0.313 e. The summed E-state index contributed by atoms with van der Waals surface area (Å²) in [6.07, 6.45) is 2.88. The number of nitrogens with zero attached hydrogens (tertiary/aromatic N) is 2. The normalized spacial score (nSPS) is 11.0.